The van der Waals surface area contributed by atoms with Crippen LogP contribution in [0.4, 0.5) is 0 Å². The van der Waals surface area contributed by atoms with Crippen LogP contribution in [0.1, 0.15) is 42.4 Å². The van der Waals surface area contributed by atoms with Gasteiger partial charge in [0.1, 0.15) is 6.54 Å². The summed E-state index contributed by atoms with van der Waals surface area (Å²) in [5.74, 6) is -1.44. The molecule has 0 saturated heterocycles. The van der Waals surface area contributed by atoms with Crippen molar-refractivity contribution in [3.8, 4) is 0 Å². The van der Waals surface area contributed by atoms with Crippen LogP contribution in [0.3, 0.4) is 0 Å². The van der Waals surface area contributed by atoms with Crippen LogP contribution in [0.5, 0.6) is 0 Å². The Balaban J connectivity index is 2.03. The molecule has 0 atom stereocenters. The first-order valence-electron chi connectivity index (χ1n) is 7.35. The van der Waals surface area contributed by atoms with Crippen molar-refractivity contribution in [1.82, 2.24) is 20.3 Å². The van der Waals surface area contributed by atoms with Gasteiger partial charge in [-0.2, -0.15) is 0 Å². The topological polar surface area (TPSA) is 97.1 Å². The Labute approximate surface area is 134 Å². The smallest absolute Gasteiger partial charge is 0.358 e. The molecule has 2 N–H and O–H groups in total. The molecule has 0 bridgehead atoms. The van der Waals surface area contributed by atoms with Crippen LogP contribution in [-0.2, 0) is 23.3 Å². The minimum absolute atomic E-state index is 0.0866. The van der Waals surface area contributed by atoms with E-state index in [-0.39, 0.29) is 18.1 Å². The molecular formula is C16H20N4O3. The number of carbonyl (C=O) groups is 2. The number of amides is 1. The van der Waals surface area contributed by atoms with Gasteiger partial charge in [0, 0.05) is 0 Å². The number of nitrogens with zero attached hydrogens (tertiary/aromatic N) is 3. The minimum Gasteiger partial charge on any atom is -0.476 e. The molecule has 1 heterocycles. The Morgan fingerprint density at radius 2 is 1.91 bits per heavy atom. The number of aromatic carboxylic acids is 1. The van der Waals surface area contributed by atoms with Gasteiger partial charge in [-0.05, 0) is 31.4 Å². The molecule has 7 heteroatoms. The number of benzene rings is 1. The van der Waals surface area contributed by atoms with Crippen molar-refractivity contribution in [2.75, 3.05) is 0 Å². The first kappa shape index (κ1) is 16.7. The molecule has 2 aromatic rings. The molecule has 1 aromatic carbocycles. The fourth-order valence-corrected chi connectivity index (χ4v) is 2.24. The Morgan fingerprint density at radius 1 is 1.26 bits per heavy atom. The van der Waals surface area contributed by atoms with Crippen LogP contribution >= 0.6 is 0 Å². The lowest BCUT2D eigenvalue weighted by Crippen LogP contribution is -2.42. The zero-order chi connectivity index (χ0) is 17.0. The van der Waals surface area contributed by atoms with E-state index in [1.807, 2.05) is 38.1 Å². The summed E-state index contributed by atoms with van der Waals surface area (Å²) in [4.78, 5) is 22.9. The van der Waals surface area contributed by atoms with Crippen LogP contribution in [0.15, 0.2) is 30.5 Å². The van der Waals surface area contributed by atoms with Crippen molar-refractivity contribution in [3.63, 3.8) is 0 Å². The summed E-state index contributed by atoms with van der Waals surface area (Å²) in [6.45, 7) is 5.83. The highest BCUT2D eigenvalue weighted by atomic mass is 16.4. The molecule has 1 amide bonds. The van der Waals surface area contributed by atoms with E-state index in [0.717, 1.165) is 12.0 Å². The highest BCUT2D eigenvalue weighted by molar-refractivity contribution is 5.84. The highest BCUT2D eigenvalue weighted by Crippen LogP contribution is 2.20. The Bertz CT molecular complexity index is 704. The Hall–Kier alpha value is -2.70. The molecule has 122 valence electrons. The molecule has 7 nitrogen and oxygen atoms in total. The van der Waals surface area contributed by atoms with Crippen LogP contribution in [0.2, 0.25) is 0 Å². The number of nitrogens with one attached hydrogen (secondary N) is 1. The molecule has 0 radical (unpaired) electrons. The molecule has 0 aliphatic rings. The predicted octanol–water partition coefficient (Wildman–Crippen LogP) is 1.59. The third-order valence-electron chi connectivity index (χ3n) is 3.60. The largest absolute Gasteiger partial charge is 0.476 e. The molecule has 1 aromatic heterocycles. The number of rotatable bonds is 6. The molecule has 0 saturated carbocycles. The molecule has 0 aliphatic carbocycles. The second kappa shape index (κ2) is 6.60. The first-order valence-corrected chi connectivity index (χ1v) is 7.35. The third kappa shape index (κ3) is 4.15. The van der Waals surface area contributed by atoms with Gasteiger partial charge in [0.05, 0.1) is 11.7 Å². The molecule has 0 spiro atoms. The van der Waals surface area contributed by atoms with Gasteiger partial charge in [-0.15, -0.1) is 5.10 Å². The number of aromatic nitrogens is 3. The van der Waals surface area contributed by atoms with Gasteiger partial charge in [-0.3, -0.25) is 4.79 Å². The average molecular weight is 316 g/mol. The molecule has 2 rings (SSSR count). The van der Waals surface area contributed by atoms with Gasteiger partial charge in [-0.1, -0.05) is 36.4 Å². The van der Waals surface area contributed by atoms with Crippen molar-refractivity contribution < 1.29 is 14.7 Å². The monoisotopic (exact) mass is 316 g/mol. The zero-order valence-electron chi connectivity index (χ0n) is 13.4. The van der Waals surface area contributed by atoms with Gasteiger partial charge in [0.2, 0.25) is 5.91 Å². The summed E-state index contributed by atoms with van der Waals surface area (Å²) >= 11 is 0. The summed E-state index contributed by atoms with van der Waals surface area (Å²) in [5, 5.41) is 18.8. The maximum atomic E-state index is 12.2. The highest BCUT2D eigenvalue weighted by Gasteiger charge is 2.23. The van der Waals surface area contributed by atoms with E-state index in [2.05, 4.69) is 22.6 Å². The summed E-state index contributed by atoms with van der Waals surface area (Å²) in [6.07, 6.45) is 2.19. The maximum absolute atomic E-state index is 12.2. The molecular weight excluding hydrogens is 296 g/mol. The first-order chi connectivity index (χ1) is 10.8. The van der Waals surface area contributed by atoms with Crippen LogP contribution in [-0.4, -0.2) is 32.0 Å². The third-order valence-corrected chi connectivity index (χ3v) is 3.60. The average Bonchev–Trinajstić information content (AvgIpc) is 2.95. The van der Waals surface area contributed by atoms with Crippen molar-refractivity contribution in [3.05, 3.63) is 47.3 Å². The summed E-state index contributed by atoms with van der Waals surface area (Å²) in [5.41, 5.74) is 1.50. The normalized spacial score (nSPS) is 11.3. The zero-order valence-corrected chi connectivity index (χ0v) is 13.4. The van der Waals surface area contributed by atoms with E-state index in [9.17, 15) is 9.59 Å². The SMILES string of the molecule is CCc1ccc(C(C)(C)NC(=O)Cn2cc(C(=O)O)nn2)cc1. The maximum Gasteiger partial charge on any atom is 0.358 e. The second-order valence-corrected chi connectivity index (χ2v) is 5.83. The standard InChI is InChI=1S/C16H20N4O3/c1-4-11-5-7-12(8-6-11)16(2,3)17-14(21)10-20-9-13(15(22)23)18-19-20/h5-9H,4,10H2,1-3H3,(H,17,21)(H,22,23). The van der Waals surface area contributed by atoms with E-state index in [0.29, 0.717) is 0 Å². The van der Waals surface area contributed by atoms with Crippen molar-refractivity contribution >= 4 is 11.9 Å². The van der Waals surface area contributed by atoms with E-state index in [4.69, 9.17) is 5.11 Å². The fourth-order valence-electron chi connectivity index (χ4n) is 2.24. The number of carboxylic acid groups (broad SMARTS) is 1. The lowest BCUT2D eigenvalue weighted by atomic mass is 9.93. The van der Waals surface area contributed by atoms with E-state index >= 15 is 0 Å². The quantitative estimate of drug-likeness (QED) is 0.843. The number of hydrogen-bond acceptors (Lipinski definition) is 4. The van der Waals surface area contributed by atoms with Crippen LogP contribution < -0.4 is 5.32 Å². The van der Waals surface area contributed by atoms with E-state index in [1.165, 1.54) is 16.4 Å². The predicted molar refractivity (Wildman–Crippen MR) is 84.0 cm³/mol. The van der Waals surface area contributed by atoms with E-state index in [1.54, 1.807) is 0 Å². The van der Waals surface area contributed by atoms with Crippen molar-refractivity contribution in [1.29, 1.82) is 0 Å². The number of aryl methyl sites for hydroxylation is 1. The number of carboxylic acids is 1. The molecule has 0 aliphatic heterocycles. The molecule has 0 unspecified atom stereocenters. The Kier molecular flexibility index (Phi) is 4.78. The summed E-state index contributed by atoms with van der Waals surface area (Å²) < 4.78 is 1.20. The van der Waals surface area contributed by atoms with Crippen molar-refractivity contribution in [2.24, 2.45) is 0 Å². The fraction of sp³-hybridized carbons (Fsp3) is 0.375. The number of hydrogen-bond donors (Lipinski definition) is 2. The van der Waals surface area contributed by atoms with Gasteiger partial charge in [-0.25, -0.2) is 9.48 Å². The van der Waals surface area contributed by atoms with Crippen molar-refractivity contribution in [2.45, 2.75) is 39.3 Å². The molecule has 23 heavy (non-hydrogen) atoms. The van der Waals surface area contributed by atoms with Gasteiger partial charge < -0.3 is 10.4 Å². The van der Waals surface area contributed by atoms with E-state index < -0.39 is 11.5 Å². The van der Waals surface area contributed by atoms with Gasteiger partial charge >= 0.3 is 5.97 Å². The summed E-state index contributed by atoms with van der Waals surface area (Å²) in [7, 11) is 0. The lowest BCUT2D eigenvalue weighted by Gasteiger charge is -2.27. The Morgan fingerprint density at radius 3 is 2.43 bits per heavy atom. The van der Waals surface area contributed by atoms with Gasteiger partial charge in [0.25, 0.3) is 0 Å². The second-order valence-electron chi connectivity index (χ2n) is 5.83. The summed E-state index contributed by atoms with van der Waals surface area (Å²) in [6, 6.07) is 8.08. The van der Waals surface area contributed by atoms with Gasteiger partial charge in [0.15, 0.2) is 5.69 Å². The lowest BCUT2D eigenvalue weighted by molar-refractivity contribution is -0.123. The molecule has 0 fully saturated rings. The van der Waals surface area contributed by atoms with Crippen LogP contribution in [0.25, 0.3) is 0 Å². The van der Waals surface area contributed by atoms with Crippen LogP contribution in [0, 0.1) is 0 Å². The minimum atomic E-state index is -1.17. The number of carbonyl (C=O) groups excluding carboxylic acids is 1.